The van der Waals surface area contributed by atoms with E-state index in [4.69, 9.17) is 4.42 Å². The Labute approximate surface area is 83.5 Å². The van der Waals surface area contributed by atoms with Gasteiger partial charge in [0.15, 0.2) is 0 Å². The van der Waals surface area contributed by atoms with Crippen LogP contribution in [-0.2, 0) is 6.61 Å². The summed E-state index contributed by atoms with van der Waals surface area (Å²) >= 11 is 0. The zero-order valence-electron chi connectivity index (χ0n) is 8.72. The SMILES string of the molecule is Cc1cocc2c(C)c(C)c(CO)c1-2. The maximum atomic E-state index is 9.32. The molecule has 1 aliphatic heterocycles. The fourth-order valence-electron chi connectivity index (χ4n) is 2.02. The third-order valence-electron chi connectivity index (χ3n) is 2.97. The monoisotopic (exact) mass is 190 g/mol. The molecule has 14 heavy (non-hydrogen) atoms. The number of aryl methyl sites for hydroxylation is 1. The molecule has 0 spiro atoms. The van der Waals surface area contributed by atoms with Gasteiger partial charge in [-0.2, -0.15) is 0 Å². The summed E-state index contributed by atoms with van der Waals surface area (Å²) in [6.07, 6.45) is 3.48. The van der Waals surface area contributed by atoms with Crippen LogP contribution in [0.4, 0.5) is 0 Å². The molecule has 1 heterocycles. The summed E-state index contributed by atoms with van der Waals surface area (Å²) in [6, 6.07) is 0. The minimum Gasteiger partial charge on any atom is -0.472 e. The summed E-state index contributed by atoms with van der Waals surface area (Å²) in [5, 5.41) is 9.32. The molecule has 0 fully saturated rings. The smallest absolute Gasteiger partial charge is 0.0982 e. The second-order valence-electron chi connectivity index (χ2n) is 3.73. The number of aliphatic hydroxyl groups excluding tert-OH is 1. The zero-order chi connectivity index (χ0) is 10.3. The first-order valence-corrected chi connectivity index (χ1v) is 4.72. The number of aliphatic hydroxyl groups is 1. The number of hydrogen-bond acceptors (Lipinski definition) is 2. The molecule has 2 heteroatoms. The number of hydrogen-bond donors (Lipinski definition) is 1. The average Bonchev–Trinajstić information content (AvgIpc) is 2.43. The van der Waals surface area contributed by atoms with Gasteiger partial charge in [0.2, 0.25) is 0 Å². The lowest BCUT2D eigenvalue weighted by Gasteiger charge is -2.05. The highest BCUT2D eigenvalue weighted by molar-refractivity contribution is 5.79. The molecule has 2 nitrogen and oxygen atoms in total. The van der Waals surface area contributed by atoms with Crippen LogP contribution in [0.15, 0.2) is 16.9 Å². The van der Waals surface area contributed by atoms with Gasteiger partial charge in [-0.15, -0.1) is 0 Å². The van der Waals surface area contributed by atoms with Crippen LogP contribution < -0.4 is 0 Å². The highest BCUT2D eigenvalue weighted by Crippen LogP contribution is 2.38. The molecule has 2 aliphatic rings. The van der Waals surface area contributed by atoms with Gasteiger partial charge in [0, 0.05) is 5.56 Å². The summed E-state index contributed by atoms with van der Waals surface area (Å²) in [6.45, 7) is 6.21. The van der Waals surface area contributed by atoms with Crippen LogP contribution in [0.25, 0.3) is 11.1 Å². The molecule has 1 aliphatic carbocycles. The summed E-state index contributed by atoms with van der Waals surface area (Å²) in [7, 11) is 0. The third-order valence-corrected chi connectivity index (χ3v) is 2.97. The van der Waals surface area contributed by atoms with Crippen LogP contribution >= 0.6 is 0 Å². The predicted octanol–water partition coefficient (Wildman–Crippen LogP) is 2.80. The summed E-state index contributed by atoms with van der Waals surface area (Å²) in [5.41, 5.74) is 6.76. The zero-order valence-corrected chi connectivity index (χ0v) is 8.72. The van der Waals surface area contributed by atoms with Gasteiger partial charge in [-0.1, -0.05) is 0 Å². The van der Waals surface area contributed by atoms with Crippen molar-refractivity contribution < 1.29 is 9.52 Å². The predicted molar refractivity (Wildman–Crippen MR) is 55.5 cm³/mol. The highest BCUT2D eigenvalue weighted by atomic mass is 16.3. The molecule has 0 bridgehead atoms. The lowest BCUT2D eigenvalue weighted by molar-refractivity contribution is 0.282. The Morgan fingerprint density at radius 3 is 2.50 bits per heavy atom. The van der Waals surface area contributed by atoms with Gasteiger partial charge in [0.25, 0.3) is 0 Å². The topological polar surface area (TPSA) is 33.4 Å². The van der Waals surface area contributed by atoms with E-state index in [9.17, 15) is 5.11 Å². The van der Waals surface area contributed by atoms with Gasteiger partial charge in [0.05, 0.1) is 19.1 Å². The van der Waals surface area contributed by atoms with Crippen molar-refractivity contribution in [2.75, 3.05) is 0 Å². The molecular formula is C12H14O2. The Kier molecular flexibility index (Phi) is 2.08. The first kappa shape index (κ1) is 9.28. The summed E-state index contributed by atoms with van der Waals surface area (Å²) < 4.78 is 5.23. The molecular weight excluding hydrogens is 176 g/mol. The Morgan fingerprint density at radius 1 is 1.14 bits per heavy atom. The van der Waals surface area contributed by atoms with E-state index in [0.717, 1.165) is 22.3 Å². The van der Waals surface area contributed by atoms with Crippen molar-refractivity contribution in [3.8, 4) is 11.1 Å². The Hall–Kier alpha value is -1.28. The van der Waals surface area contributed by atoms with Crippen molar-refractivity contribution in [2.45, 2.75) is 27.4 Å². The van der Waals surface area contributed by atoms with Crippen molar-refractivity contribution in [1.82, 2.24) is 0 Å². The maximum absolute atomic E-state index is 9.32. The van der Waals surface area contributed by atoms with Gasteiger partial charge >= 0.3 is 0 Å². The molecule has 0 amide bonds. The number of fused-ring (bicyclic) bond motifs is 1. The van der Waals surface area contributed by atoms with E-state index in [1.807, 2.05) is 13.8 Å². The molecule has 0 saturated carbocycles. The van der Waals surface area contributed by atoms with Crippen LogP contribution in [0.2, 0.25) is 0 Å². The summed E-state index contributed by atoms with van der Waals surface area (Å²) in [5.74, 6) is 0. The lowest BCUT2D eigenvalue weighted by atomic mass is 10.0. The van der Waals surface area contributed by atoms with Crippen LogP contribution in [-0.4, -0.2) is 5.11 Å². The molecule has 0 saturated heterocycles. The first-order valence-electron chi connectivity index (χ1n) is 4.72. The van der Waals surface area contributed by atoms with Gasteiger partial charge in [0.1, 0.15) is 0 Å². The molecule has 0 unspecified atom stereocenters. The Bertz CT molecular complexity index is 440. The van der Waals surface area contributed by atoms with Crippen LogP contribution in [0, 0.1) is 20.8 Å². The molecule has 0 atom stereocenters. The van der Waals surface area contributed by atoms with E-state index in [-0.39, 0.29) is 6.61 Å². The van der Waals surface area contributed by atoms with Crippen molar-refractivity contribution in [2.24, 2.45) is 0 Å². The minimum absolute atomic E-state index is 0.0982. The first-order chi connectivity index (χ1) is 6.66. The third kappa shape index (κ3) is 1.07. The maximum Gasteiger partial charge on any atom is 0.0982 e. The van der Waals surface area contributed by atoms with Crippen molar-refractivity contribution >= 4 is 0 Å². The largest absolute Gasteiger partial charge is 0.472 e. The van der Waals surface area contributed by atoms with Crippen molar-refractivity contribution in [3.05, 3.63) is 34.8 Å². The van der Waals surface area contributed by atoms with Crippen molar-refractivity contribution in [1.29, 1.82) is 0 Å². The van der Waals surface area contributed by atoms with E-state index in [1.54, 1.807) is 12.5 Å². The van der Waals surface area contributed by atoms with Gasteiger partial charge in [-0.05, 0) is 48.6 Å². The Balaban J connectivity index is 2.86. The normalized spacial score (nSPS) is 11.1. The quantitative estimate of drug-likeness (QED) is 0.750. The van der Waals surface area contributed by atoms with Crippen LogP contribution in [0.3, 0.4) is 0 Å². The molecule has 0 aromatic rings. The lowest BCUT2D eigenvalue weighted by Crippen LogP contribution is -1.88. The fourth-order valence-corrected chi connectivity index (χ4v) is 2.02. The molecule has 2 rings (SSSR count). The van der Waals surface area contributed by atoms with E-state index in [2.05, 4.69) is 6.92 Å². The second-order valence-corrected chi connectivity index (χ2v) is 3.73. The molecule has 0 aromatic heterocycles. The fraction of sp³-hybridized carbons (Fsp3) is 0.333. The molecule has 1 N–H and O–H groups in total. The molecule has 0 radical (unpaired) electrons. The van der Waals surface area contributed by atoms with E-state index < -0.39 is 0 Å². The van der Waals surface area contributed by atoms with E-state index >= 15 is 0 Å². The molecule has 74 valence electrons. The standard InChI is InChI=1S/C12H14O2/c1-7-5-14-6-11-9(3)8(2)10(4-13)12(7)11/h5-6,13H,4H2,1-3H3. The number of rotatable bonds is 1. The van der Waals surface area contributed by atoms with E-state index in [1.165, 1.54) is 11.1 Å². The van der Waals surface area contributed by atoms with Gasteiger partial charge in [-0.25, -0.2) is 0 Å². The summed E-state index contributed by atoms with van der Waals surface area (Å²) in [4.78, 5) is 0. The average molecular weight is 190 g/mol. The highest BCUT2D eigenvalue weighted by Gasteiger charge is 2.19. The minimum atomic E-state index is 0.0982. The van der Waals surface area contributed by atoms with Gasteiger partial charge < -0.3 is 9.52 Å². The van der Waals surface area contributed by atoms with Crippen molar-refractivity contribution in [3.63, 3.8) is 0 Å². The second kappa shape index (κ2) is 3.14. The van der Waals surface area contributed by atoms with Crippen LogP contribution in [0.1, 0.15) is 22.3 Å². The molecule has 0 aromatic carbocycles. The van der Waals surface area contributed by atoms with Crippen LogP contribution in [0.5, 0.6) is 0 Å². The van der Waals surface area contributed by atoms with E-state index in [0.29, 0.717) is 0 Å². The van der Waals surface area contributed by atoms with Gasteiger partial charge in [-0.3, -0.25) is 0 Å². The Morgan fingerprint density at radius 2 is 1.86 bits per heavy atom.